The van der Waals surface area contributed by atoms with Gasteiger partial charge in [0.05, 0.1) is 16.2 Å². The molecule has 0 aliphatic heterocycles. The maximum Gasteiger partial charge on any atom is 0.180 e. The van der Waals surface area contributed by atoms with Crippen molar-refractivity contribution in [3.8, 4) is 6.07 Å². The average Bonchev–Trinajstić information content (AvgIpc) is 2.36. The van der Waals surface area contributed by atoms with Crippen LogP contribution >= 0.6 is 0 Å². The maximum absolute atomic E-state index is 11.9. The summed E-state index contributed by atoms with van der Waals surface area (Å²) in [6.07, 6.45) is -3.00. The first-order chi connectivity index (χ1) is 8.30. The van der Waals surface area contributed by atoms with Crippen LogP contribution in [0.25, 0.3) is 0 Å². The number of aliphatic hydroxyl groups is 2. The summed E-state index contributed by atoms with van der Waals surface area (Å²) < 4.78 is 23.9. The van der Waals surface area contributed by atoms with Gasteiger partial charge in [-0.2, -0.15) is 5.26 Å². The van der Waals surface area contributed by atoms with E-state index in [1.807, 2.05) is 0 Å². The highest BCUT2D eigenvalue weighted by Crippen LogP contribution is 2.22. The van der Waals surface area contributed by atoms with E-state index in [0.717, 1.165) is 0 Å². The molecule has 2 atom stereocenters. The normalized spacial score (nSPS) is 15.1. The van der Waals surface area contributed by atoms with E-state index in [4.69, 9.17) is 5.26 Å². The van der Waals surface area contributed by atoms with E-state index < -0.39 is 27.3 Å². The summed E-state index contributed by atoms with van der Waals surface area (Å²) in [6, 6.07) is 7.13. The molecular formula is C12H15NO4S. The lowest BCUT2D eigenvalue weighted by Crippen LogP contribution is -2.18. The first kappa shape index (κ1) is 14.6. The van der Waals surface area contributed by atoms with E-state index in [9.17, 15) is 18.6 Å². The first-order valence-electron chi connectivity index (χ1n) is 5.40. The van der Waals surface area contributed by atoms with Crippen molar-refractivity contribution in [2.45, 2.75) is 36.2 Å². The van der Waals surface area contributed by atoms with Crippen molar-refractivity contribution >= 4 is 9.84 Å². The maximum atomic E-state index is 11.9. The second-order valence-corrected chi connectivity index (χ2v) is 6.69. The zero-order chi connectivity index (χ0) is 13.9. The smallest absolute Gasteiger partial charge is 0.180 e. The second-order valence-electron chi connectivity index (χ2n) is 4.19. The van der Waals surface area contributed by atoms with Gasteiger partial charge in [-0.25, -0.2) is 8.42 Å². The summed E-state index contributed by atoms with van der Waals surface area (Å²) >= 11 is 0. The van der Waals surface area contributed by atoms with Gasteiger partial charge in [-0.1, -0.05) is 12.1 Å². The second kappa shape index (κ2) is 5.48. The lowest BCUT2D eigenvalue weighted by Gasteiger charge is -2.14. The largest absolute Gasteiger partial charge is 0.385 e. The highest BCUT2D eigenvalue weighted by atomic mass is 32.2. The van der Waals surface area contributed by atoms with E-state index in [1.54, 1.807) is 13.8 Å². The highest BCUT2D eigenvalue weighted by molar-refractivity contribution is 7.92. The van der Waals surface area contributed by atoms with Crippen LogP contribution in [-0.2, 0) is 9.84 Å². The number of benzene rings is 1. The number of nitriles is 1. The molecule has 0 spiro atoms. The van der Waals surface area contributed by atoms with Crippen LogP contribution in [0.3, 0.4) is 0 Å². The fourth-order valence-corrected chi connectivity index (χ4v) is 2.51. The van der Waals surface area contributed by atoms with Crippen LogP contribution in [0.2, 0.25) is 0 Å². The van der Waals surface area contributed by atoms with Gasteiger partial charge in [-0.3, -0.25) is 0 Å². The molecule has 0 saturated heterocycles. The van der Waals surface area contributed by atoms with Crippen molar-refractivity contribution in [2.75, 3.05) is 0 Å². The predicted octanol–water partition coefficient (Wildman–Crippen LogP) is 0.787. The first-order valence-corrected chi connectivity index (χ1v) is 6.95. The third kappa shape index (κ3) is 2.88. The van der Waals surface area contributed by atoms with Crippen LogP contribution in [0.4, 0.5) is 0 Å². The molecule has 0 aromatic heterocycles. The van der Waals surface area contributed by atoms with Crippen LogP contribution in [0.5, 0.6) is 0 Å². The summed E-state index contributed by atoms with van der Waals surface area (Å²) in [5, 5.41) is 26.8. The lowest BCUT2D eigenvalue weighted by atomic mass is 10.1. The Kier molecular flexibility index (Phi) is 4.46. The molecule has 2 unspecified atom stereocenters. The van der Waals surface area contributed by atoms with Gasteiger partial charge in [0.1, 0.15) is 6.10 Å². The summed E-state index contributed by atoms with van der Waals surface area (Å²) in [5.41, 5.74) is 0.200. The fraction of sp³-hybridized carbons (Fsp3) is 0.417. The quantitative estimate of drug-likeness (QED) is 0.787. The van der Waals surface area contributed by atoms with Crippen LogP contribution < -0.4 is 0 Å². The molecule has 18 heavy (non-hydrogen) atoms. The topological polar surface area (TPSA) is 98.4 Å². The SMILES string of the molecule is CC(C)S(=O)(=O)c1cccc(C(O)C(O)C#N)c1. The highest BCUT2D eigenvalue weighted by Gasteiger charge is 2.22. The van der Waals surface area contributed by atoms with Crippen molar-refractivity contribution in [2.24, 2.45) is 0 Å². The Hall–Kier alpha value is -1.42. The van der Waals surface area contributed by atoms with Crippen LogP contribution in [0.1, 0.15) is 25.5 Å². The van der Waals surface area contributed by atoms with Crippen LogP contribution in [0.15, 0.2) is 29.2 Å². The molecule has 1 rings (SSSR count). The Morgan fingerprint density at radius 3 is 2.39 bits per heavy atom. The van der Waals surface area contributed by atoms with Crippen LogP contribution in [-0.4, -0.2) is 30.0 Å². The molecule has 0 radical (unpaired) electrons. The Balaban J connectivity index is 3.20. The molecule has 1 aromatic rings. The zero-order valence-corrected chi connectivity index (χ0v) is 10.9. The van der Waals surface area contributed by atoms with Crippen molar-refractivity contribution in [3.63, 3.8) is 0 Å². The van der Waals surface area contributed by atoms with Gasteiger partial charge in [0.15, 0.2) is 15.9 Å². The minimum absolute atomic E-state index is 0.0687. The number of nitrogens with zero attached hydrogens (tertiary/aromatic N) is 1. The monoisotopic (exact) mass is 269 g/mol. The standard InChI is InChI=1S/C12H15NO4S/c1-8(2)18(16,17)10-5-3-4-9(6-10)12(15)11(14)7-13/h3-6,8,11-12,14-15H,1-2H3. The van der Waals surface area contributed by atoms with Gasteiger partial charge in [-0.15, -0.1) is 0 Å². The Morgan fingerprint density at radius 2 is 1.89 bits per heavy atom. The number of hydrogen-bond acceptors (Lipinski definition) is 5. The van der Waals surface area contributed by atoms with Crippen molar-refractivity contribution in [1.29, 1.82) is 5.26 Å². The summed E-state index contributed by atoms with van der Waals surface area (Å²) in [6.45, 7) is 3.12. The van der Waals surface area contributed by atoms with Gasteiger partial charge in [-0.05, 0) is 31.5 Å². The van der Waals surface area contributed by atoms with Gasteiger partial charge >= 0.3 is 0 Å². The summed E-state index contributed by atoms with van der Waals surface area (Å²) in [7, 11) is -3.44. The van der Waals surface area contributed by atoms with Crippen molar-refractivity contribution in [3.05, 3.63) is 29.8 Å². The number of hydrogen-bond donors (Lipinski definition) is 2. The zero-order valence-electron chi connectivity index (χ0n) is 10.1. The molecule has 0 saturated carbocycles. The predicted molar refractivity (Wildman–Crippen MR) is 65.3 cm³/mol. The van der Waals surface area contributed by atoms with E-state index in [0.29, 0.717) is 0 Å². The number of sulfone groups is 1. The van der Waals surface area contributed by atoms with E-state index >= 15 is 0 Å². The summed E-state index contributed by atoms with van der Waals surface area (Å²) in [5.74, 6) is 0. The number of aliphatic hydroxyl groups excluding tert-OH is 2. The summed E-state index contributed by atoms with van der Waals surface area (Å²) in [4.78, 5) is 0.0687. The van der Waals surface area contributed by atoms with E-state index in [1.165, 1.54) is 30.3 Å². The van der Waals surface area contributed by atoms with Crippen molar-refractivity contribution in [1.82, 2.24) is 0 Å². The molecule has 6 heteroatoms. The molecule has 5 nitrogen and oxygen atoms in total. The van der Waals surface area contributed by atoms with E-state index in [-0.39, 0.29) is 10.5 Å². The minimum atomic E-state index is -3.44. The van der Waals surface area contributed by atoms with Crippen molar-refractivity contribution < 1.29 is 18.6 Å². The van der Waals surface area contributed by atoms with Gasteiger partial charge in [0.25, 0.3) is 0 Å². The molecule has 0 aliphatic rings. The molecular weight excluding hydrogens is 254 g/mol. The Bertz CT molecular complexity index is 560. The van der Waals surface area contributed by atoms with Gasteiger partial charge in [0, 0.05) is 0 Å². The third-order valence-electron chi connectivity index (χ3n) is 2.58. The molecule has 0 aliphatic carbocycles. The fourth-order valence-electron chi connectivity index (χ4n) is 1.40. The number of rotatable bonds is 4. The molecule has 1 aromatic carbocycles. The average molecular weight is 269 g/mol. The molecule has 2 N–H and O–H groups in total. The van der Waals surface area contributed by atoms with Gasteiger partial charge in [0.2, 0.25) is 0 Å². The van der Waals surface area contributed by atoms with Gasteiger partial charge < -0.3 is 10.2 Å². The Morgan fingerprint density at radius 1 is 1.28 bits per heavy atom. The Labute approximate surface area is 106 Å². The lowest BCUT2D eigenvalue weighted by molar-refractivity contribution is 0.0526. The van der Waals surface area contributed by atoms with E-state index in [2.05, 4.69) is 0 Å². The minimum Gasteiger partial charge on any atom is -0.385 e. The molecule has 0 fully saturated rings. The third-order valence-corrected chi connectivity index (χ3v) is 4.73. The molecule has 0 heterocycles. The van der Waals surface area contributed by atoms with Crippen LogP contribution in [0, 0.1) is 11.3 Å². The molecule has 98 valence electrons. The molecule has 0 bridgehead atoms. The molecule has 0 amide bonds.